The van der Waals surface area contributed by atoms with E-state index in [-0.39, 0.29) is 25.8 Å². The number of rotatable bonds is 31. The molecule has 1 N–H and O–H groups in total. The molecule has 0 amide bonds. The average Bonchev–Trinajstić information content (AvgIpc) is 2.98. The van der Waals surface area contributed by atoms with Gasteiger partial charge in [0.25, 0.3) is 0 Å². The third-order valence-electron chi connectivity index (χ3n) is 6.90. The normalized spacial score (nSPS) is 14.7. The maximum Gasteiger partial charge on any atom is 0.472 e. The third kappa shape index (κ3) is 33.6. The van der Waals surface area contributed by atoms with E-state index in [2.05, 4.69) is 62.5 Å². The predicted molar refractivity (Wildman–Crippen MR) is 187 cm³/mol. The molecule has 2 atom stereocenters. The molecule has 45 heavy (non-hydrogen) atoms. The van der Waals surface area contributed by atoms with Gasteiger partial charge in [0.2, 0.25) is 0 Å². The summed E-state index contributed by atoms with van der Waals surface area (Å²) in [5.74, 6) is -0.339. The molecular weight excluding hydrogens is 589 g/mol. The number of allylic oxidation sites excluding steroid dienone is 8. The van der Waals surface area contributed by atoms with Gasteiger partial charge in [0.05, 0.1) is 34.4 Å². The topological polar surface area (TPSA) is 91.3 Å². The van der Waals surface area contributed by atoms with Crippen molar-refractivity contribution in [2.75, 3.05) is 54.1 Å². The SMILES string of the molecule is CC/C=C\C/C=C\C/C=C\C/C=C\CCCOCC(COP(=O)(O)OCC[N+](C)(C)C)OC(=O)CCCCCCCCCCC. The Hall–Kier alpha value is -1.54. The fourth-order valence-corrected chi connectivity index (χ4v) is 4.94. The van der Waals surface area contributed by atoms with Crippen molar-refractivity contribution < 1.29 is 37.3 Å². The number of quaternary nitrogens is 1. The van der Waals surface area contributed by atoms with Crippen molar-refractivity contribution in [1.82, 2.24) is 0 Å². The van der Waals surface area contributed by atoms with E-state index in [9.17, 15) is 14.3 Å². The molecule has 0 bridgehead atoms. The quantitative estimate of drug-likeness (QED) is 0.0261. The second kappa shape index (κ2) is 29.8. The largest absolute Gasteiger partial charge is 0.472 e. The van der Waals surface area contributed by atoms with Crippen molar-refractivity contribution in [3.8, 4) is 0 Å². The van der Waals surface area contributed by atoms with Crippen LogP contribution in [0.4, 0.5) is 0 Å². The van der Waals surface area contributed by atoms with Crippen LogP contribution in [0.2, 0.25) is 0 Å². The van der Waals surface area contributed by atoms with E-state index in [4.69, 9.17) is 18.5 Å². The number of phosphoric ester groups is 1. The molecular formula is C36H67NO7P+. The van der Waals surface area contributed by atoms with Gasteiger partial charge in [0.15, 0.2) is 0 Å². The minimum atomic E-state index is -4.27. The Morgan fingerprint density at radius 1 is 0.711 bits per heavy atom. The summed E-state index contributed by atoms with van der Waals surface area (Å²) in [6, 6.07) is 0. The van der Waals surface area contributed by atoms with Crippen molar-refractivity contribution in [3.05, 3.63) is 48.6 Å². The molecule has 0 aromatic carbocycles. The summed E-state index contributed by atoms with van der Waals surface area (Å²) < 4.78 is 34.6. The number of esters is 1. The van der Waals surface area contributed by atoms with Crippen molar-refractivity contribution in [3.63, 3.8) is 0 Å². The Morgan fingerprint density at radius 2 is 1.27 bits per heavy atom. The number of hydrogen-bond donors (Lipinski definition) is 1. The first-order valence-corrected chi connectivity index (χ1v) is 18.9. The van der Waals surface area contributed by atoms with E-state index in [1.807, 2.05) is 21.1 Å². The van der Waals surface area contributed by atoms with Crippen molar-refractivity contribution in [1.29, 1.82) is 0 Å². The van der Waals surface area contributed by atoms with Crippen LogP contribution in [0.1, 0.15) is 117 Å². The first kappa shape index (κ1) is 43.5. The number of carbonyl (C=O) groups is 1. The number of phosphoric acid groups is 1. The first-order valence-electron chi connectivity index (χ1n) is 17.4. The van der Waals surface area contributed by atoms with Gasteiger partial charge < -0.3 is 18.9 Å². The van der Waals surface area contributed by atoms with Gasteiger partial charge in [-0.3, -0.25) is 13.8 Å². The summed E-state index contributed by atoms with van der Waals surface area (Å²) >= 11 is 0. The molecule has 0 aromatic rings. The zero-order chi connectivity index (χ0) is 33.5. The lowest BCUT2D eigenvalue weighted by Crippen LogP contribution is -2.37. The lowest BCUT2D eigenvalue weighted by molar-refractivity contribution is -0.870. The Morgan fingerprint density at radius 3 is 1.84 bits per heavy atom. The molecule has 0 spiro atoms. The summed E-state index contributed by atoms with van der Waals surface area (Å²) in [6.45, 7) is 5.30. The standard InChI is InChI=1S/C36H66NO7P/c1-6-8-10-12-14-16-17-18-19-20-22-24-26-28-31-41-33-35(34-43-45(39,40)42-32-30-37(3,4)5)44-36(38)29-27-25-23-21-15-13-11-9-7-2/h8,10,14,16,18-19,22,24,35H,6-7,9,11-13,15,17,20-21,23,25-34H2,1-5H3/p+1/b10-8-,16-14-,19-18-,24-22-. The maximum atomic E-state index is 12.5. The van der Waals surface area contributed by atoms with Crippen LogP contribution in [0.15, 0.2) is 48.6 Å². The molecule has 2 unspecified atom stereocenters. The van der Waals surface area contributed by atoms with Gasteiger partial charge in [-0.25, -0.2) is 4.57 Å². The molecule has 0 saturated heterocycles. The summed E-state index contributed by atoms with van der Waals surface area (Å²) in [5, 5.41) is 0. The highest BCUT2D eigenvalue weighted by atomic mass is 31.2. The zero-order valence-electron chi connectivity index (χ0n) is 29.3. The molecule has 0 radical (unpaired) electrons. The van der Waals surface area contributed by atoms with Crippen LogP contribution in [0.3, 0.4) is 0 Å². The minimum absolute atomic E-state index is 0.0775. The molecule has 9 heteroatoms. The van der Waals surface area contributed by atoms with Crippen molar-refractivity contribution >= 4 is 13.8 Å². The number of likely N-dealkylation sites (N-methyl/N-ethyl adjacent to an activating group) is 1. The smallest absolute Gasteiger partial charge is 0.457 e. The highest BCUT2D eigenvalue weighted by molar-refractivity contribution is 7.47. The monoisotopic (exact) mass is 656 g/mol. The number of hydrogen-bond acceptors (Lipinski definition) is 6. The summed E-state index contributed by atoms with van der Waals surface area (Å²) in [7, 11) is 1.62. The molecule has 0 aliphatic rings. The van der Waals surface area contributed by atoms with Gasteiger partial charge in [-0.05, 0) is 44.9 Å². The lowest BCUT2D eigenvalue weighted by atomic mass is 10.1. The van der Waals surface area contributed by atoms with E-state index in [0.717, 1.165) is 57.8 Å². The molecule has 0 aliphatic carbocycles. The van der Waals surface area contributed by atoms with Crippen molar-refractivity contribution in [2.45, 2.75) is 123 Å². The van der Waals surface area contributed by atoms with E-state index in [1.165, 1.54) is 38.5 Å². The Kier molecular flexibility index (Phi) is 28.8. The molecule has 0 saturated carbocycles. The van der Waals surface area contributed by atoms with Gasteiger partial charge >= 0.3 is 13.8 Å². The molecule has 0 aliphatic heterocycles. The van der Waals surface area contributed by atoms with E-state index < -0.39 is 13.9 Å². The van der Waals surface area contributed by atoms with Crippen LogP contribution in [-0.4, -0.2) is 75.6 Å². The third-order valence-corrected chi connectivity index (χ3v) is 7.89. The van der Waals surface area contributed by atoms with E-state index >= 15 is 0 Å². The van der Waals surface area contributed by atoms with Crippen LogP contribution >= 0.6 is 7.82 Å². The predicted octanol–water partition coefficient (Wildman–Crippen LogP) is 9.26. The first-order chi connectivity index (χ1) is 21.6. The summed E-state index contributed by atoms with van der Waals surface area (Å²) in [6.07, 6.45) is 33.0. The Balaban J connectivity index is 4.45. The van der Waals surface area contributed by atoms with Gasteiger partial charge in [0, 0.05) is 13.0 Å². The highest BCUT2D eigenvalue weighted by Crippen LogP contribution is 2.43. The summed E-state index contributed by atoms with van der Waals surface area (Å²) in [4.78, 5) is 22.6. The number of carbonyl (C=O) groups excluding carboxylic acids is 1. The molecule has 0 aromatic heterocycles. The van der Waals surface area contributed by atoms with Gasteiger partial charge in [-0.2, -0.15) is 0 Å². The summed E-state index contributed by atoms with van der Waals surface area (Å²) in [5.41, 5.74) is 0. The molecule has 262 valence electrons. The van der Waals surface area contributed by atoms with Crippen molar-refractivity contribution in [2.24, 2.45) is 0 Å². The van der Waals surface area contributed by atoms with Crippen LogP contribution < -0.4 is 0 Å². The van der Waals surface area contributed by atoms with E-state index in [1.54, 1.807) is 0 Å². The van der Waals surface area contributed by atoms with Gasteiger partial charge in [-0.15, -0.1) is 0 Å². The van der Waals surface area contributed by atoms with Crippen LogP contribution in [0.25, 0.3) is 0 Å². The minimum Gasteiger partial charge on any atom is -0.457 e. The second-order valence-corrected chi connectivity index (χ2v) is 14.0. The number of unbranched alkanes of at least 4 members (excludes halogenated alkanes) is 9. The lowest BCUT2D eigenvalue weighted by Gasteiger charge is -2.24. The zero-order valence-corrected chi connectivity index (χ0v) is 30.2. The van der Waals surface area contributed by atoms with Gasteiger partial charge in [-0.1, -0.05) is 114 Å². The Bertz CT molecular complexity index is 864. The number of ether oxygens (including phenoxy) is 2. The van der Waals surface area contributed by atoms with Crippen LogP contribution in [-0.2, 0) is 27.9 Å². The molecule has 8 nitrogen and oxygen atoms in total. The Labute approximate surface area is 276 Å². The maximum absolute atomic E-state index is 12.5. The average molecular weight is 657 g/mol. The van der Waals surface area contributed by atoms with Gasteiger partial charge in [0.1, 0.15) is 19.3 Å². The van der Waals surface area contributed by atoms with Crippen LogP contribution in [0, 0.1) is 0 Å². The highest BCUT2D eigenvalue weighted by Gasteiger charge is 2.26. The molecule has 0 fully saturated rings. The number of nitrogens with zero attached hydrogens (tertiary/aromatic N) is 1. The van der Waals surface area contributed by atoms with E-state index in [0.29, 0.717) is 24.1 Å². The van der Waals surface area contributed by atoms with Crippen LogP contribution in [0.5, 0.6) is 0 Å². The molecule has 0 rings (SSSR count). The molecule has 0 heterocycles. The fraction of sp³-hybridized carbons (Fsp3) is 0.750. The second-order valence-electron chi connectivity index (χ2n) is 12.5. The fourth-order valence-electron chi connectivity index (χ4n) is 4.20.